The fourth-order valence-corrected chi connectivity index (χ4v) is 2.75. The van der Waals surface area contributed by atoms with E-state index in [1.54, 1.807) is 17.0 Å². The van der Waals surface area contributed by atoms with Gasteiger partial charge in [-0.3, -0.25) is 4.79 Å². The minimum Gasteiger partial charge on any atom is -0.507 e. The van der Waals surface area contributed by atoms with Crippen LogP contribution in [0.15, 0.2) is 48.5 Å². The summed E-state index contributed by atoms with van der Waals surface area (Å²) in [6.07, 6.45) is 0. The number of amides is 1. The van der Waals surface area contributed by atoms with E-state index < -0.39 is 0 Å². The van der Waals surface area contributed by atoms with Crippen LogP contribution in [0.25, 0.3) is 0 Å². The number of hydrogen-bond acceptors (Lipinski definition) is 2. The Morgan fingerprint density at radius 1 is 1.19 bits per heavy atom. The average molecular weight is 460 g/mol. The van der Waals surface area contributed by atoms with Crippen LogP contribution in [0.3, 0.4) is 0 Å². The Balaban J connectivity index is 2.20. The normalized spacial score (nSPS) is 10.4. The van der Waals surface area contributed by atoms with E-state index in [9.17, 15) is 9.90 Å². The molecule has 5 heteroatoms. The Labute approximate surface area is 146 Å². The van der Waals surface area contributed by atoms with Gasteiger partial charge in [0.1, 0.15) is 5.75 Å². The fourth-order valence-electron chi connectivity index (χ4n) is 1.99. The molecular weight excluding hydrogens is 445 g/mol. The largest absolute Gasteiger partial charge is 0.507 e. The Kier molecular flexibility index (Phi) is 6.05. The summed E-state index contributed by atoms with van der Waals surface area (Å²) in [7, 11) is 0. The maximum Gasteiger partial charge on any atom is 0.254 e. The van der Waals surface area contributed by atoms with E-state index in [0.717, 1.165) is 9.13 Å². The molecule has 0 saturated carbocycles. The average Bonchev–Trinajstić information content (AvgIpc) is 2.50. The van der Waals surface area contributed by atoms with Gasteiger partial charge in [-0.25, -0.2) is 0 Å². The third-order valence-corrected chi connectivity index (χ3v) is 4.32. The second-order valence-corrected chi connectivity index (χ2v) is 6.52. The lowest BCUT2D eigenvalue weighted by molar-refractivity contribution is 0.0754. The first-order valence-corrected chi connectivity index (χ1v) is 8.69. The lowest BCUT2D eigenvalue weighted by Gasteiger charge is -2.22. The number of nitrogens with zero attached hydrogens (tertiary/aromatic N) is 1. The molecule has 0 fully saturated rings. The van der Waals surface area contributed by atoms with E-state index in [1.165, 1.54) is 6.07 Å². The minimum absolute atomic E-state index is 0.0787. The molecule has 2 aromatic carbocycles. The maximum atomic E-state index is 12.6. The maximum absolute atomic E-state index is 12.6. The van der Waals surface area contributed by atoms with Gasteiger partial charge < -0.3 is 10.0 Å². The third kappa shape index (κ3) is 4.44. The zero-order valence-corrected chi connectivity index (χ0v) is 15.0. The van der Waals surface area contributed by atoms with Gasteiger partial charge in [-0.15, -0.1) is 0 Å². The summed E-state index contributed by atoms with van der Waals surface area (Å²) >= 11 is 5.42. The van der Waals surface area contributed by atoms with Gasteiger partial charge in [0.25, 0.3) is 5.91 Å². The van der Waals surface area contributed by atoms with Crippen LogP contribution in [0, 0.1) is 3.57 Å². The summed E-state index contributed by atoms with van der Waals surface area (Å²) < 4.78 is 0.735. The number of hydrogen-bond donors (Lipinski definition) is 1. The summed E-state index contributed by atoms with van der Waals surface area (Å²) in [4.78, 5) is 14.4. The fraction of sp³-hybridized carbons (Fsp3) is 0.188. The molecule has 0 spiro atoms. The molecule has 0 atom stereocenters. The lowest BCUT2D eigenvalue weighted by atomic mass is 10.1. The molecule has 1 amide bonds. The zero-order valence-electron chi connectivity index (χ0n) is 11.3. The van der Waals surface area contributed by atoms with Gasteiger partial charge in [0.05, 0.1) is 3.57 Å². The molecule has 0 radical (unpaired) electrons. The molecule has 0 aliphatic carbocycles. The Morgan fingerprint density at radius 2 is 1.90 bits per heavy atom. The molecule has 0 bridgehead atoms. The minimum atomic E-state index is -0.0787. The molecule has 0 unspecified atom stereocenters. The Hall–Kier alpha value is -1.08. The van der Waals surface area contributed by atoms with Crippen LogP contribution < -0.4 is 0 Å². The highest BCUT2D eigenvalue weighted by atomic mass is 127. The first kappa shape index (κ1) is 16.3. The molecule has 0 aromatic heterocycles. The highest BCUT2D eigenvalue weighted by Crippen LogP contribution is 2.22. The monoisotopic (exact) mass is 459 g/mol. The van der Waals surface area contributed by atoms with Crippen molar-refractivity contribution in [2.75, 3.05) is 11.9 Å². The number of phenolic OH excluding ortho intramolecular Hbond substituents is 1. The number of benzene rings is 2. The number of carbonyl (C=O) groups is 1. The third-order valence-electron chi connectivity index (χ3n) is 3.05. The molecule has 0 saturated heterocycles. The summed E-state index contributed by atoms with van der Waals surface area (Å²) in [5, 5.41) is 10.5. The van der Waals surface area contributed by atoms with E-state index in [-0.39, 0.29) is 11.7 Å². The highest BCUT2D eigenvalue weighted by molar-refractivity contribution is 14.1. The molecule has 2 aromatic rings. The van der Waals surface area contributed by atoms with Crippen LogP contribution in [-0.2, 0) is 6.54 Å². The predicted molar refractivity (Wildman–Crippen MR) is 95.8 cm³/mol. The summed E-state index contributed by atoms with van der Waals surface area (Å²) in [6.45, 7) is 1.17. The smallest absolute Gasteiger partial charge is 0.254 e. The van der Waals surface area contributed by atoms with Gasteiger partial charge in [0.15, 0.2) is 0 Å². The van der Waals surface area contributed by atoms with Crippen molar-refractivity contribution in [2.24, 2.45) is 0 Å². The topological polar surface area (TPSA) is 40.5 Å². The van der Waals surface area contributed by atoms with Crippen molar-refractivity contribution in [1.29, 1.82) is 0 Å². The second-order valence-electron chi connectivity index (χ2n) is 4.57. The Bertz CT molecular complexity index is 619. The van der Waals surface area contributed by atoms with Crippen LogP contribution >= 0.6 is 38.5 Å². The zero-order chi connectivity index (χ0) is 15.2. The standard InChI is InChI=1S/C16H15BrINO2/c17-8-9-19(11-12-4-2-1-3-5-12)16(21)13-6-7-14(18)15(20)10-13/h1-7,10,20H,8-9,11H2. The van der Waals surface area contributed by atoms with Gasteiger partial charge in [0, 0.05) is 24.0 Å². The van der Waals surface area contributed by atoms with Gasteiger partial charge in [0.2, 0.25) is 0 Å². The van der Waals surface area contributed by atoms with Crippen LogP contribution in [0.2, 0.25) is 0 Å². The summed E-state index contributed by atoms with van der Waals surface area (Å²) in [6, 6.07) is 14.9. The molecule has 110 valence electrons. The number of carbonyl (C=O) groups excluding carboxylic acids is 1. The van der Waals surface area contributed by atoms with E-state index >= 15 is 0 Å². The molecule has 21 heavy (non-hydrogen) atoms. The lowest BCUT2D eigenvalue weighted by Crippen LogP contribution is -2.32. The summed E-state index contributed by atoms with van der Waals surface area (Å²) in [5.74, 6) is 0.0601. The highest BCUT2D eigenvalue weighted by Gasteiger charge is 2.16. The van der Waals surface area contributed by atoms with Gasteiger partial charge in [-0.05, 0) is 46.4 Å². The van der Waals surface area contributed by atoms with Crippen molar-refractivity contribution < 1.29 is 9.90 Å². The molecule has 3 nitrogen and oxygen atoms in total. The van der Waals surface area contributed by atoms with Crippen molar-refractivity contribution >= 4 is 44.4 Å². The predicted octanol–water partition coefficient (Wildman–Crippen LogP) is 4.03. The van der Waals surface area contributed by atoms with Crippen molar-refractivity contribution in [3.63, 3.8) is 0 Å². The number of rotatable bonds is 5. The van der Waals surface area contributed by atoms with Gasteiger partial charge in [-0.1, -0.05) is 46.3 Å². The molecule has 1 N–H and O–H groups in total. The van der Waals surface area contributed by atoms with Gasteiger partial charge >= 0.3 is 0 Å². The SMILES string of the molecule is O=C(c1ccc(I)c(O)c1)N(CCBr)Cc1ccccc1. The number of phenols is 1. The van der Waals surface area contributed by atoms with Crippen molar-refractivity contribution in [2.45, 2.75) is 6.54 Å². The number of alkyl halides is 1. The first-order chi connectivity index (χ1) is 10.1. The Morgan fingerprint density at radius 3 is 2.52 bits per heavy atom. The van der Waals surface area contributed by atoms with Crippen molar-refractivity contribution in [1.82, 2.24) is 4.90 Å². The van der Waals surface area contributed by atoms with E-state index in [4.69, 9.17) is 0 Å². The van der Waals surface area contributed by atoms with Gasteiger partial charge in [-0.2, -0.15) is 0 Å². The number of halogens is 2. The molecular formula is C16H15BrINO2. The number of aromatic hydroxyl groups is 1. The van der Waals surface area contributed by atoms with Crippen LogP contribution in [0.5, 0.6) is 5.75 Å². The van der Waals surface area contributed by atoms with E-state index in [1.807, 2.05) is 52.9 Å². The molecule has 0 aliphatic rings. The summed E-state index contributed by atoms with van der Waals surface area (Å²) in [5.41, 5.74) is 1.59. The van der Waals surface area contributed by atoms with Crippen molar-refractivity contribution in [3.05, 3.63) is 63.2 Å². The second kappa shape index (κ2) is 7.79. The van der Waals surface area contributed by atoms with Crippen LogP contribution in [0.4, 0.5) is 0 Å². The van der Waals surface area contributed by atoms with Crippen LogP contribution in [0.1, 0.15) is 15.9 Å². The van der Waals surface area contributed by atoms with E-state index in [2.05, 4.69) is 15.9 Å². The first-order valence-electron chi connectivity index (χ1n) is 6.49. The molecule has 0 heterocycles. The van der Waals surface area contributed by atoms with Crippen molar-refractivity contribution in [3.8, 4) is 5.75 Å². The molecule has 2 rings (SSSR count). The van der Waals surface area contributed by atoms with E-state index in [0.29, 0.717) is 24.0 Å². The molecule has 0 aliphatic heterocycles. The van der Waals surface area contributed by atoms with Crippen LogP contribution in [-0.4, -0.2) is 27.8 Å². The quantitative estimate of drug-likeness (QED) is 0.541.